The molecular weight excluding hydrogens is 961 g/mol. The number of hydrogen-bond acceptors (Lipinski definition) is 2. The van der Waals surface area contributed by atoms with Crippen LogP contribution in [0.2, 0.25) is 0 Å². The predicted molar refractivity (Wildman–Crippen MR) is 291 cm³/mol. The Bertz CT molecular complexity index is 2850. The number of aromatic nitrogens is 2. The van der Waals surface area contributed by atoms with Crippen molar-refractivity contribution in [3.05, 3.63) is 279 Å². The maximum Gasteiger partial charge on any atom is 1.00 e. The molecule has 2 heterocycles. The Kier molecular flexibility index (Phi) is 18.5. The molecule has 9 aromatic carbocycles. The Hall–Kier alpha value is -7.04. The molecule has 70 heavy (non-hydrogen) atoms. The van der Waals surface area contributed by atoms with E-state index >= 15 is 0 Å². The van der Waals surface area contributed by atoms with Gasteiger partial charge in [0.2, 0.25) is 0 Å². The summed E-state index contributed by atoms with van der Waals surface area (Å²) in [7, 11) is -7.75. The number of fused-ring (bicyclic) bond motifs is 3. The third kappa shape index (κ3) is 13.8. The maximum absolute atomic E-state index is 9.75. The third-order valence-electron chi connectivity index (χ3n) is 11.2. The van der Waals surface area contributed by atoms with Crippen LogP contribution in [-0.4, -0.2) is 17.2 Å². The summed E-state index contributed by atoms with van der Waals surface area (Å²) in [5.74, 6) is 0. The van der Waals surface area contributed by atoms with Gasteiger partial charge in [-0.15, -0.1) is 0 Å². The molecule has 11 aromatic rings. The molecule has 0 saturated heterocycles. The largest absolute Gasteiger partial charge is 1.00 e. The molecule has 0 N–H and O–H groups in total. The number of benzene rings is 9. The van der Waals surface area contributed by atoms with Gasteiger partial charge in [0.25, 0.3) is 0 Å². The van der Waals surface area contributed by atoms with E-state index in [1.165, 1.54) is 54.1 Å². The molecule has 0 saturated carbocycles. The minimum Gasteiger partial charge on any atom is -0.418 e. The van der Waals surface area contributed by atoms with Gasteiger partial charge in [-0.1, -0.05) is 182 Å². The van der Waals surface area contributed by atoms with Crippen LogP contribution in [0.3, 0.4) is 0 Å². The van der Waals surface area contributed by atoms with E-state index in [1.807, 2.05) is 24.5 Å². The predicted octanol–water partition coefficient (Wildman–Crippen LogP) is 13.8. The van der Waals surface area contributed by atoms with E-state index in [9.17, 15) is 17.3 Å². The summed E-state index contributed by atoms with van der Waals surface area (Å²) in [4.78, 5) is 9.34. The van der Waals surface area contributed by atoms with Crippen LogP contribution in [0.15, 0.2) is 279 Å². The number of hydrogen-bond donors (Lipinski definition) is 0. The van der Waals surface area contributed by atoms with Crippen LogP contribution >= 0.6 is 15.8 Å². The molecule has 0 spiro atoms. The van der Waals surface area contributed by atoms with Crippen LogP contribution in [-0.2, 0) is 17.1 Å². The minimum atomic E-state index is -6.00. The van der Waals surface area contributed by atoms with Gasteiger partial charge < -0.3 is 17.3 Å². The van der Waals surface area contributed by atoms with Crippen molar-refractivity contribution in [1.82, 2.24) is 9.97 Å². The molecule has 10 heteroatoms. The van der Waals surface area contributed by atoms with Crippen molar-refractivity contribution in [1.29, 1.82) is 0 Å². The molecule has 2 aromatic heterocycles. The fourth-order valence-electron chi connectivity index (χ4n) is 8.20. The van der Waals surface area contributed by atoms with Crippen LogP contribution < -0.4 is 31.8 Å². The maximum atomic E-state index is 9.75. The Morgan fingerprint density at radius 2 is 0.471 bits per heavy atom. The van der Waals surface area contributed by atoms with Gasteiger partial charge in [-0.2, -0.15) is 0 Å². The zero-order chi connectivity index (χ0) is 47.7. The summed E-state index contributed by atoms with van der Waals surface area (Å²) in [6, 6.07) is 94.3. The van der Waals surface area contributed by atoms with Gasteiger partial charge in [0.05, 0.1) is 26.9 Å². The fraction of sp³-hybridized carbons (Fsp3) is 0. The summed E-state index contributed by atoms with van der Waals surface area (Å²) in [6.45, 7) is 0. The van der Waals surface area contributed by atoms with Crippen LogP contribution in [0.25, 0.3) is 44.1 Å². The van der Waals surface area contributed by atoms with E-state index in [0.717, 1.165) is 21.8 Å². The smallest absolute Gasteiger partial charge is 0.418 e. The normalized spacial score (nSPS) is 10.7. The van der Waals surface area contributed by atoms with Gasteiger partial charge in [0, 0.05) is 23.2 Å². The van der Waals surface area contributed by atoms with E-state index in [2.05, 4.69) is 265 Å². The first kappa shape index (κ1) is 50.8. The van der Waals surface area contributed by atoms with Crippen molar-refractivity contribution in [3.8, 4) is 22.3 Å². The summed E-state index contributed by atoms with van der Waals surface area (Å²) < 4.78 is 39.0. The zero-order valence-electron chi connectivity index (χ0n) is 37.8. The molecule has 348 valence electrons. The fourth-order valence-corrected chi connectivity index (χ4v) is 13.4. The quantitative estimate of drug-likeness (QED) is 0.0656. The number of rotatable bonds is 8. The van der Waals surface area contributed by atoms with Crippen LogP contribution in [0.4, 0.5) is 17.3 Å². The number of pyridine rings is 2. The average Bonchev–Trinajstić information content (AvgIpc) is 3.41. The summed E-state index contributed by atoms with van der Waals surface area (Å²) in [6.07, 6.45) is 3.75. The van der Waals surface area contributed by atoms with E-state index in [4.69, 9.17) is 0 Å². The van der Waals surface area contributed by atoms with Crippen molar-refractivity contribution in [2.45, 2.75) is 0 Å². The molecule has 0 aliphatic rings. The molecule has 0 aliphatic carbocycles. The Morgan fingerprint density at radius 3 is 0.686 bits per heavy atom. The molecular formula is C60H48BCuF4N2P2+2. The van der Waals surface area contributed by atoms with E-state index in [0.29, 0.717) is 0 Å². The Labute approximate surface area is 420 Å². The van der Waals surface area contributed by atoms with Gasteiger partial charge in [0.15, 0.2) is 0 Å². The average molecular weight is 1010 g/mol. The second-order valence-corrected chi connectivity index (χ2v) is 20.7. The molecule has 11 rings (SSSR count). The third-order valence-corrected chi connectivity index (χ3v) is 16.6. The topological polar surface area (TPSA) is 25.8 Å². The Balaban J connectivity index is 0.000000149. The second kappa shape index (κ2) is 25.5. The van der Waals surface area contributed by atoms with Crippen LogP contribution in [0.1, 0.15) is 0 Å². The number of halogens is 4. The first-order valence-corrected chi connectivity index (χ1v) is 25.5. The van der Waals surface area contributed by atoms with Crippen LogP contribution in [0.5, 0.6) is 0 Å². The first-order chi connectivity index (χ1) is 33.8. The summed E-state index contributed by atoms with van der Waals surface area (Å²) in [5.41, 5.74) is 6.65. The van der Waals surface area contributed by atoms with Crippen molar-refractivity contribution >= 4 is 76.7 Å². The van der Waals surface area contributed by atoms with Gasteiger partial charge in [-0.3, -0.25) is 9.97 Å². The molecule has 0 unspecified atom stereocenters. The molecule has 0 aliphatic heterocycles. The molecule has 0 atom stereocenters. The van der Waals surface area contributed by atoms with Crippen molar-refractivity contribution in [3.63, 3.8) is 0 Å². The van der Waals surface area contributed by atoms with Crippen molar-refractivity contribution < 1.29 is 34.3 Å². The SMILES string of the molecule is F[B-](F)(F)F.[Cu+].c1ccc(-c2ccnc3c2ccc2c(-c4ccccc4)ccnc23)cc1.c1ccc([PH+](c2ccccc2)c2ccccc2)cc1.c1ccc([PH+](c2ccccc2)c2ccccc2)cc1. The van der Waals surface area contributed by atoms with Crippen molar-refractivity contribution in [2.75, 3.05) is 0 Å². The van der Waals surface area contributed by atoms with Crippen LogP contribution in [0, 0.1) is 0 Å². The minimum absolute atomic E-state index is 0. The molecule has 0 radical (unpaired) electrons. The van der Waals surface area contributed by atoms with Gasteiger partial charge in [0.1, 0.15) is 31.8 Å². The molecule has 2 nitrogen and oxygen atoms in total. The first-order valence-electron chi connectivity index (χ1n) is 22.5. The molecule has 0 bridgehead atoms. The molecule has 0 fully saturated rings. The van der Waals surface area contributed by atoms with E-state index < -0.39 is 23.1 Å². The monoisotopic (exact) mass is 1010 g/mol. The molecule has 0 amide bonds. The van der Waals surface area contributed by atoms with Gasteiger partial charge in [-0.05, 0) is 107 Å². The van der Waals surface area contributed by atoms with Gasteiger partial charge in [-0.25, -0.2) is 0 Å². The second-order valence-electron chi connectivity index (χ2n) is 15.7. The van der Waals surface area contributed by atoms with Gasteiger partial charge >= 0.3 is 24.3 Å². The summed E-state index contributed by atoms with van der Waals surface area (Å²) >= 11 is 0. The standard InChI is InChI=1S/C24H16N2.2C18H15P.BF4.Cu/c1-3-7-17(8-4-1)19-13-15-25-23-21(19)11-12-22-20(14-16-26-24(22)23)18-9-5-2-6-10-18;2*1-4-10-16(11-5-1)19(17-12-6-2-7-13-17)18-14-8-3-9-15-18;2-1(3,4)5;/h1-16H;2*1-15H;;/q;;;-1;+1/p+2. The Morgan fingerprint density at radius 1 is 0.271 bits per heavy atom. The van der Waals surface area contributed by atoms with Crippen molar-refractivity contribution in [2.24, 2.45) is 0 Å². The summed E-state index contributed by atoms with van der Waals surface area (Å²) in [5, 5.41) is 10.9. The number of nitrogens with zero attached hydrogens (tertiary/aromatic N) is 2. The van der Waals surface area contributed by atoms with E-state index in [1.54, 1.807) is 0 Å². The zero-order valence-corrected chi connectivity index (χ0v) is 40.8. The van der Waals surface area contributed by atoms with E-state index in [-0.39, 0.29) is 17.1 Å².